The minimum absolute atomic E-state index is 0.0158. The molecule has 0 aromatic heterocycles. The molecule has 1 aromatic rings. The van der Waals surface area contributed by atoms with Gasteiger partial charge < -0.3 is 4.74 Å². The first-order valence-corrected chi connectivity index (χ1v) is 3.97. The molecule has 0 unspecified atom stereocenters. The molecule has 3 nitrogen and oxygen atoms in total. The molecule has 15 heavy (non-hydrogen) atoms. The van der Waals surface area contributed by atoms with Crippen molar-refractivity contribution in [1.82, 2.24) is 0 Å². The normalized spacial score (nSPS) is 13.9. The lowest BCUT2D eigenvalue weighted by molar-refractivity contribution is 0.0445. The van der Waals surface area contributed by atoms with Crippen molar-refractivity contribution in [3.05, 3.63) is 11.1 Å². The Morgan fingerprint density at radius 1 is 0.667 bits per heavy atom. The van der Waals surface area contributed by atoms with Gasteiger partial charge in [-0.25, -0.2) is 9.59 Å². The van der Waals surface area contributed by atoms with Crippen LogP contribution in [0.4, 0.5) is 0 Å². The minimum atomic E-state index is -0.856. The number of carbonyl (C=O) groups is 2. The number of ether oxygens (including phenoxy) is 1. The first-order chi connectivity index (χ1) is 6.95. The Bertz CT molecular complexity index is 464. The molecule has 0 spiro atoms. The third kappa shape index (κ3) is 1.19. The largest absolute Gasteiger partial charge is 0.386 e. The Morgan fingerprint density at radius 3 is 1.33 bits per heavy atom. The van der Waals surface area contributed by atoms with Gasteiger partial charge in [0.1, 0.15) is 31.4 Å². The average molecular weight is 187 g/mol. The molecule has 0 saturated carbocycles. The van der Waals surface area contributed by atoms with Crippen molar-refractivity contribution in [3.8, 4) is 0 Å². The lowest BCUT2D eigenvalue weighted by Crippen LogP contribution is -2.50. The topological polar surface area (TPSA) is 43.4 Å². The van der Waals surface area contributed by atoms with Crippen LogP contribution in [-0.2, 0) is 4.74 Å². The van der Waals surface area contributed by atoms with E-state index in [4.69, 9.17) is 31.4 Å². The number of cyclic esters (lactones) is 2. The summed E-state index contributed by atoms with van der Waals surface area (Å²) in [7, 11) is 22.1. The molecule has 0 N–H and O–H groups in total. The van der Waals surface area contributed by atoms with Crippen molar-refractivity contribution in [2.24, 2.45) is 0 Å². The standard InChI is InChI=1S/C8B4O3/c9-3-1-2(8(14)15-7(1)13)4(10)6(12)5(3)11. The monoisotopic (exact) mass is 188 g/mol. The van der Waals surface area contributed by atoms with E-state index in [1.807, 2.05) is 0 Å². The van der Waals surface area contributed by atoms with E-state index in [0.717, 1.165) is 0 Å². The van der Waals surface area contributed by atoms with Crippen LogP contribution in [0.1, 0.15) is 20.7 Å². The van der Waals surface area contributed by atoms with Crippen LogP contribution in [0.25, 0.3) is 0 Å². The van der Waals surface area contributed by atoms with Crippen LogP contribution in [0.2, 0.25) is 0 Å². The Kier molecular flexibility index (Phi) is 2.07. The molecular formula is C8B4O3. The third-order valence-corrected chi connectivity index (χ3v) is 2.25. The summed E-state index contributed by atoms with van der Waals surface area (Å²) < 4.78 is 4.35. The Labute approximate surface area is 91.2 Å². The van der Waals surface area contributed by atoms with Gasteiger partial charge in [0.25, 0.3) is 0 Å². The molecule has 1 heterocycles. The number of fused-ring (bicyclic) bond motifs is 1. The van der Waals surface area contributed by atoms with Crippen molar-refractivity contribution < 1.29 is 14.3 Å². The van der Waals surface area contributed by atoms with Gasteiger partial charge in [0.15, 0.2) is 0 Å². The average Bonchev–Trinajstić information content (AvgIpc) is 2.47. The van der Waals surface area contributed by atoms with Gasteiger partial charge in [0.2, 0.25) is 0 Å². The number of hydrogen-bond donors (Lipinski definition) is 0. The molecule has 0 amide bonds. The summed E-state index contributed by atoms with van der Waals surface area (Å²) in [5, 5.41) is 0. The second kappa shape index (κ2) is 3.05. The molecule has 0 saturated heterocycles. The molecule has 0 fully saturated rings. The van der Waals surface area contributed by atoms with E-state index in [1.165, 1.54) is 0 Å². The quantitative estimate of drug-likeness (QED) is 0.237. The number of rotatable bonds is 0. The lowest BCUT2D eigenvalue weighted by atomic mass is 9.63. The maximum atomic E-state index is 11.2. The molecule has 1 aliphatic heterocycles. The van der Waals surface area contributed by atoms with Crippen molar-refractivity contribution in [2.75, 3.05) is 0 Å². The van der Waals surface area contributed by atoms with Crippen molar-refractivity contribution in [2.45, 2.75) is 0 Å². The van der Waals surface area contributed by atoms with Gasteiger partial charge in [0.05, 0.1) is 11.1 Å². The van der Waals surface area contributed by atoms with Gasteiger partial charge in [-0.3, -0.25) is 0 Å². The van der Waals surface area contributed by atoms with E-state index in [2.05, 4.69) is 4.74 Å². The second-order valence-corrected chi connectivity index (χ2v) is 3.08. The second-order valence-electron chi connectivity index (χ2n) is 3.08. The van der Waals surface area contributed by atoms with Crippen LogP contribution < -0.4 is 21.9 Å². The molecule has 1 aliphatic rings. The summed E-state index contributed by atoms with van der Waals surface area (Å²) in [4.78, 5) is 22.5. The van der Waals surface area contributed by atoms with Crippen molar-refractivity contribution in [1.29, 1.82) is 0 Å². The van der Waals surface area contributed by atoms with E-state index >= 15 is 0 Å². The predicted molar refractivity (Wildman–Crippen MR) is 57.7 cm³/mol. The maximum absolute atomic E-state index is 11.2. The van der Waals surface area contributed by atoms with Crippen molar-refractivity contribution >= 4 is 65.2 Å². The summed E-state index contributed by atoms with van der Waals surface area (Å²) in [6.45, 7) is 0. The van der Waals surface area contributed by atoms with E-state index in [-0.39, 0.29) is 33.0 Å². The van der Waals surface area contributed by atoms with E-state index in [1.54, 1.807) is 0 Å². The number of esters is 2. The van der Waals surface area contributed by atoms with Gasteiger partial charge in [-0.1, -0.05) is 10.9 Å². The van der Waals surface area contributed by atoms with Gasteiger partial charge in [-0.05, 0) is 0 Å². The number of carbonyl (C=O) groups excluding carboxylic acids is 2. The lowest BCUT2D eigenvalue weighted by Gasteiger charge is -2.13. The Hall–Kier alpha value is -1.38. The fourth-order valence-corrected chi connectivity index (χ4v) is 1.44. The summed E-state index contributed by atoms with van der Waals surface area (Å²) >= 11 is 0. The zero-order valence-electron chi connectivity index (χ0n) is 7.53. The predicted octanol–water partition coefficient (Wildman–Crippen LogP) is -3.83. The maximum Gasteiger partial charge on any atom is 0.346 e. The molecule has 0 atom stereocenters. The fourth-order valence-electron chi connectivity index (χ4n) is 1.44. The highest BCUT2D eigenvalue weighted by atomic mass is 16.6. The molecule has 2 rings (SSSR count). The highest BCUT2D eigenvalue weighted by Gasteiger charge is 2.33. The Morgan fingerprint density at radius 2 is 1.00 bits per heavy atom. The van der Waals surface area contributed by atoms with E-state index < -0.39 is 11.9 Å². The molecular weight excluding hydrogens is 187 g/mol. The van der Waals surface area contributed by atoms with Crippen LogP contribution in [0.5, 0.6) is 0 Å². The minimum Gasteiger partial charge on any atom is -0.386 e. The summed E-state index contributed by atoms with van der Waals surface area (Å²) in [6, 6.07) is 0. The van der Waals surface area contributed by atoms with E-state index in [0.29, 0.717) is 0 Å². The Balaban J connectivity index is 2.92. The van der Waals surface area contributed by atoms with Crippen LogP contribution in [0, 0.1) is 0 Å². The number of hydrogen-bond acceptors (Lipinski definition) is 3. The smallest absolute Gasteiger partial charge is 0.346 e. The van der Waals surface area contributed by atoms with Crippen LogP contribution in [-0.4, -0.2) is 43.3 Å². The molecule has 62 valence electrons. The van der Waals surface area contributed by atoms with Gasteiger partial charge >= 0.3 is 11.9 Å². The molecule has 1 aromatic carbocycles. The third-order valence-electron chi connectivity index (χ3n) is 2.25. The number of benzene rings is 1. The fraction of sp³-hybridized carbons (Fsp3) is 0. The van der Waals surface area contributed by atoms with Gasteiger partial charge in [0, 0.05) is 0 Å². The summed E-state index contributed by atoms with van der Waals surface area (Å²) in [5.41, 5.74) is -0.399. The van der Waals surface area contributed by atoms with Crippen molar-refractivity contribution in [3.63, 3.8) is 0 Å². The zero-order chi connectivity index (χ0) is 11.3. The zero-order valence-corrected chi connectivity index (χ0v) is 7.53. The first-order valence-electron chi connectivity index (χ1n) is 3.97. The van der Waals surface area contributed by atoms with Crippen LogP contribution >= 0.6 is 0 Å². The molecule has 7 heteroatoms. The van der Waals surface area contributed by atoms with Crippen LogP contribution in [0.3, 0.4) is 0 Å². The highest BCUT2D eigenvalue weighted by molar-refractivity contribution is 6.65. The SMILES string of the molecule is [B]c1c([B])c([B])c2c(c1[B])C(=O)OC2=O. The molecule has 0 aliphatic carbocycles. The summed E-state index contributed by atoms with van der Waals surface area (Å²) in [6.07, 6.45) is 0. The van der Waals surface area contributed by atoms with Gasteiger partial charge in [-0.2, -0.15) is 0 Å². The highest BCUT2D eigenvalue weighted by Crippen LogP contribution is 2.13. The van der Waals surface area contributed by atoms with E-state index in [9.17, 15) is 9.59 Å². The van der Waals surface area contributed by atoms with Gasteiger partial charge in [-0.15, -0.1) is 10.9 Å². The molecule has 0 bridgehead atoms. The first kappa shape index (κ1) is 10.1. The van der Waals surface area contributed by atoms with Crippen LogP contribution in [0.15, 0.2) is 0 Å². The molecule has 8 radical (unpaired) electrons. The summed E-state index contributed by atoms with van der Waals surface area (Å²) in [5.74, 6) is -1.71.